The molecule has 0 unspecified atom stereocenters. The van der Waals surface area contributed by atoms with Crippen LogP contribution in [0.2, 0.25) is 0 Å². The minimum atomic E-state index is -0.382. The summed E-state index contributed by atoms with van der Waals surface area (Å²) in [5.41, 5.74) is 2.74. The van der Waals surface area contributed by atoms with Gasteiger partial charge in [-0.25, -0.2) is 4.79 Å². The molecule has 0 fully saturated rings. The van der Waals surface area contributed by atoms with E-state index < -0.39 is 0 Å². The number of esters is 2. The highest BCUT2D eigenvalue weighted by Crippen LogP contribution is 2.26. The summed E-state index contributed by atoms with van der Waals surface area (Å²) in [5.74, 6) is -0.177. The number of hydrogen-bond acceptors (Lipinski definition) is 5. The molecule has 0 saturated carbocycles. The number of hydrogen-bond donors (Lipinski definition) is 0. The molecule has 0 aromatic heterocycles. The molecule has 0 aliphatic rings. The van der Waals surface area contributed by atoms with E-state index in [0.29, 0.717) is 35.5 Å². The second-order valence-electron chi connectivity index (χ2n) is 6.10. The highest BCUT2D eigenvalue weighted by Gasteiger charge is 2.17. The van der Waals surface area contributed by atoms with Crippen molar-refractivity contribution >= 4 is 17.5 Å². The predicted molar refractivity (Wildman–Crippen MR) is 108 cm³/mol. The van der Waals surface area contributed by atoms with Crippen LogP contribution >= 0.6 is 0 Å². The number of carbonyl (C=O) groups excluding carboxylic acids is 2. The van der Waals surface area contributed by atoms with E-state index in [9.17, 15) is 9.59 Å². The Hall–Kier alpha value is -3.08. The van der Waals surface area contributed by atoms with Gasteiger partial charge in [-0.3, -0.25) is 4.79 Å². The van der Waals surface area contributed by atoms with Crippen LogP contribution in [0, 0.1) is 0 Å². The van der Waals surface area contributed by atoms with Gasteiger partial charge in [0.25, 0.3) is 0 Å². The maximum Gasteiger partial charge on any atom is 0.338 e. The number of allylic oxidation sites excluding steroid dienone is 1. The summed E-state index contributed by atoms with van der Waals surface area (Å²) >= 11 is 0. The van der Waals surface area contributed by atoms with Crippen LogP contribution < -0.4 is 4.74 Å². The summed E-state index contributed by atoms with van der Waals surface area (Å²) in [6.45, 7) is 4.23. The fourth-order valence-electron chi connectivity index (χ4n) is 2.76. The number of benzene rings is 2. The molecule has 5 heteroatoms. The molecule has 2 rings (SSSR count). The molecule has 0 heterocycles. The molecule has 0 amide bonds. The van der Waals surface area contributed by atoms with Gasteiger partial charge in [-0.1, -0.05) is 49.4 Å². The molecule has 0 N–H and O–H groups in total. The van der Waals surface area contributed by atoms with Crippen molar-refractivity contribution in [1.29, 1.82) is 0 Å². The Kier molecular flexibility index (Phi) is 8.28. The second kappa shape index (κ2) is 10.9. The Morgan fingerprint density at radius 3 is 2.39 bits per heavy atom. The molecular formula is C23H26O5. The molecule has 5 nitrogen and oxygen atoms in total. The maximum absolute atomic E-state index is 12.3. The van der Waals surface area contributed by atoms with Gasteiger partial charge in [-0.05, 0) is 36.6 Å². The molecule has 0 aliphatic carbocycles. The minimum Gasteiger partial charge on any atom is -0.496 e. The van der Waals surface area contributed by atoms with Crippen LogP contribution in [0.15, 0.2) is 54.6 Å². The summed E-state index contributed by atoms with van der Waals surface area (Å²) in [7, 11) is 1.54. The molecular weight excluding hydrogens is 356 g/mol. The van der Waals surface area contributed by atoms with Gasteiger partial charge >= 0.3 is 11.9 Å². The van der Waals surface area contributed by atoms with Gasteiger partial charge in [0.1, 0.15) is 12.4 Å². The van der Waals surface area contributed by atoms with Gasteiger partial charge in [0, 0.05) is 5.56 Å². The highest BCUT2D eigenvalue weighted by atomic mass is 16.5. The van der Waals surface area contributed by atoms with Gasteiger partial charge in [0.15, 0.2) is 0 Å². The number of rotatable bonds is 9. The lowest BCUT2D eigenvalue weighted by Crippen LogP contribution is -2.11. The van der Waals surface area contributed by atoms with E-state index in [4.69, 9.17) is 14.2 Å². The molecule has 0 atom stereocenters. The summed E-state index contributed by atoms with van der Waals surface area (Å²) in [5, 5.41) is 0. The zero-order valence-electron chi connectivity index (χ0n) is 16.6. The molecule has 0 bridgehead atoms. The van der Waals surface area contributed by atoms with E-state index >= 15 is 0 Å². The summed E-state index contributed by atoms with van der Waals surface area (Å²) in [6.07, 6.45) is 2.55. The van der Waals surface area contributed by atoms with Gasteiger partial charge in [0.2, 0.25) is 0 Å². The molecule has 0 saturated heterocycles. The smallest absolute Gasteiger partial charge is 0.338 e. The van der Waals surface area contributed by atoms with E-state index in [1.807, 2.05) is 43.3 Å². The van der Waals surface area contributed by atoms with Gasteiger partial charge < -0.3 is 14.2 Å². The Morgan fingerprint density at radius 2 is 1.75 bits per heavy atom. The van der Waals surface area contributed by atoms with Crippen LogP contribution in [-0.2, 0) is 32.1 Å². The zero-order chi connectivity index (χ0) is 20.4. The first-order valence-electron chi connectivity index (χ1n) is 9.33. The lowest BCUT2D eigenvalue weighted by molar-refractivity contribution is -0.144. The van der Waals surface area contributed by atoms with Crippen molar-refractivity contribution in [3.8, 4) is 5.75 Å². The Labute approximate surface area is 165 Å². The highest BCUT2D eigenvalue weighted by molar-refractivity contribution is 6.16. The average Bonchev–Trinajstić information content (AvgIpc) is 2.71. The Balaban J connectivity index is 2.18. The molecule has 0 radical (unpaired) electrons. The Bertz CT molecular complexity index is 824. The normalized spacial score (nSPS) is 11.0. The largest absolute Gasteiger partial charge is 0.496 e. The summed E-state index contributed by atoms with van der Waals surface area (Å²) in [4.78, 5) is 24.6. The first-order chi connectivity index (χ1) is 13.6. The van der Waals surface area contributed by atoms with Crippen molar-refractivity contribution in [2.75, 3.05) is 13.7 Å². The molecule has 0 spiro atoms. The van der Waals surface area contributed by atoms with Crippen LogP contribution in [0.5, 0.6) is 5.75 Å². The van der Waals surface area contributed by atoms with E-state index in [1.165, 1.54) is 0 Å². The van der Waals surface area contributed by atoms with Crippen molar-refractivity contribution in [3.63, 3.8) is 0 Å². The number of ether oxygens (including phenoxy) is 3. The minimum absolute atomic E-state index is 0.0477. The third-order valence-electron chi connectivity index (χ3n) is 4.07. The Morgan fingerprint density at radius 1 is 1.00 bits per heavy atom. The summed E-state index contributed by atoms with van der Waals surface area (Å²) in [6, 6.07) is 14.8. The van der Waals surface area contributed by atoms with Crippen LogP contribution in [-0.4, -0.2) is 25.7 Å². The van der Waals surface area contributed by atoms with Gasteiger partial charge in [-0.15, -0.1) is 0 Å². The van der Waals surface area contributed by atoms with E-state index in [0.717, 1.165) is 5.56 Å². The van der Waals surface area contributed by atoms with Gasteiger partial charge in [-0.2, -0.15) is 0 Å². The van der Waals surface area contributed by atoms with Crippen molar-refractivity contribution < 1.29 is 23.8 Å². The lowest BCUT2D eigenvalue weighted by atomic mass is 10.00. The van der Waals surface area contributed by atoms with Crippen molar-refractivity contribution in [2.45, 2.75) is 33.3 Å². The molecule has 2 aromatic carbocycles. The molecule has 148 valence electrons. The third-order valence-corrected chi connectivity index (χ3v) is 4.07. The van der Waals surface area contributed by atoms with Crippen LogP contribution in [0.4, 0.5) is 0 Å². The van der Waals surface area contributed by atoms with Crippen molar-refractivity contribution in [2.24, 2.45) is 0 Å². The maximum atomic E-state index is 12.3. The second-order valence-corrected chi connectivity index (χ2v) is 6.10. The zero-order valence-corrected chi connectivity index (χ0v) is 16.6. The van der Waals surface area contributed by atoms with E-state index in [2.05, 4.69) is 0 Å². The standard InChI is InChI=1S/C23H26O5/c1-4-9-20(23(25)27-5-2)18-12-13-21(26-3)19(14-18)15-22(24)28-16-17-10-7-6-8-11-17/h6-14H,4-5,15-16H2,1-3H3. The molecule has 0 aliphatic heterocycles. The number of methoxy groups -OCH3 is 1. The quantitative estimate of drug-likeness (QED) is 0.477. The van der Waals surface area contributed by atoms with Crippen LogP contribution in [0.3, 0.4) is 0 Å². The number of carbonyl (C=O) groups is 2. The van der Waals surface area contributed by atoms with Crippen LogP contribution in [0.25, 0.3) is 5.57 Å². The molecule has 2 aromatic rings. The monoisotopic (exact) mass is 382 g/mol. The fourth-order valence-corrected chi connectivity index (χ4v) is 2.76. The van der Waals surface area contributed by atoms with Crippen molar-refractivity contribution in [3.05, 3.63) is 71.3 Å². The van der Waals surface area contributed by atoms with Gasteiger partial charge in [0.05, 0.1) is 25.7 Å². The first kappa shape index (κ1) is 21.2. The van der Waals surface area contributed by atoms with Crippen LogP contribution in [0.1, 0.15) is 37.0 Å². The predicted octanol–water partition coefficient (Wildman–Crippen LogP) is 4.34. The third kappa shape index (κ3) is 5.98. The average molecular weight is 382 g/mol. The fraction of sp³-hybridized carbons (Fsp3) is 0.304. The lowest BCUT2D eigenvalue weighted by Gasteiger charge is -2.13. The topological polar surface area (TPSA) is 61.8 Å². The van der Waals surface area contributed by atoms with Crippen molar-refractivity contribution in [1.82, 2.24) is 0 Å². The summed E-state index contributed by atoms with van der Waals surface area (Å²) < 4.78 is 15.9. The van der Waals surface area contributed by atoms with E-state index in [1.54, 1.807) is 32.2 Å². The first-order valence-corrected chi connectivity index (χ1v) is 9.33. The molecule has 28 heavy (non-hydrogen) atoms. The SMILES string of the molecule is CCC=C(C(=O)OCC)c1ccc(OC)c(CC(=O)OCc2ccccc2)c1. The van der Waals surface area contributed by atoms with E-state index in [-0.39, 0.29) is 25.0 Å².